The number of amides is 2. The van der Waals surface area contributed by atoms with E-state index in [0.29, 0.717) is 0 Å². The van der Waals surface area contributed by atoms with Crippen LogP contribution in [0.4, 0.5) is 4.79 Å². The molecule has 1 unspecified atom stereocenters. The Morgan fingerprint density at radius 3 is 2.28 bits per heavy atom. The Bertz CT molecular complexity index is 304. The third-order valence-electron chi connectivity index (χ3n) is 2.30. The van der Waals surface area contributed by atoms with Crippen LogP contribution in [0.25, 0.3) is 0 Å². The average molecular weight is 260 g/mol. The van der Waals surface area contributed by atoms with Crippen molar-refractivity contribution in [3.8, 4) is 0 Å². The summed E-state index contributed by atoms with van der Waals surface area (Å²) in [4.78, 5) is 33.1. The van der Waals surface area contributed by atoms with Gasteiger partial charge in [0.2, 0.25) is 0 Å². The van der Waals surface area contributed by atoms with Crippen LogP contribution in [0.2, 0.25) is 0 Å². The maximum atomic E-state index is 11.3. The number of ether oxygens (including phenoxy) is 1. The first-order chi connectivity index (χ1) is 8.38. The Morgan fingerprint density at radius 1 is 1.22 bits per heavy atom. The van der Waals surface area contributed by atoms with Crippen molar-refractivity contribution in [1.82, 2.24) is 10.6 Å². The number of carboxylic acid groups (broad SMARTS) is 1. The minimum atomic E-state index is -0.962. The number of esters is 1. The fourth-order valence-electron chi connectivity index (χ4n) is 1.24. The van der Waals surface area contributed by atoms with Gasteiger partial charge in [-0.1, -0.05) is 13.8 Å². The number of hydrogen-bond donors (Lipinski definition) is 3. The number of urea groups is 1. The van der Waals surface area contributed by atoms with E-state index in [4.69, 9.17) is 5.11 Å². The Balaban J connectivity index is 3.95. The summed E-state index contributed by atoms with van der Waals surface area (Å²) in [6.45, 7) is 5.21. The molecule has 0 rings (SSSR count). The minimum absolute atomic E-state index is 0.0155. The van der Waals surface area contributed by atoms with E-state index in [1.807, 2.05) is 0 Å². The van der Waals surface area contributed by atoms with Crippen molar-refractivity contribution in [3.63, 3.8) is 0 Å². The van der Waals surface area contributed by atoms with Gasteiger partial charge in [-0.05, 0) is 12.8 Å². The number of aliphatic carboxylic acids is 1. The summed E-state index contributed by atoms with van der Waals surface area (Å²) < 4.78 is 4.62. The molecular weight excluding hydrogens is 240 g/mol. The van der Waals surface area contributed by atoms with Crippen LogP contribution in [0.3, 0.4) is 0 Å². The van der Waals surface area contributed by atoms with E-state index in [0.717, 1.165) is 0 Å². The second-order valence-electron chi connectivity index (χ2n) is 4.06. The van der Waals surface area contributed by atoms with Gasteiger partial charge in [0.25, 0.3) is 0 Å². The summed E-state index contributed by atoms with van der Waals surface area (Å²) in [6, 6.07) is -0.588. The van der Waals surface area contributed by atoms with Gasteiger partial charge in [-0.25, -0.2) is 4.79 Å². The fraction of sp³-hybridized carbons (Fsp3) is 0.727. The first-order valence-electron chi connectivity index (χ1n) is 5.78. The summed E-state index contributed by atoms with van der Waals surface area (Å²) in [7, 11) is 0. The SMILES string of the molecule is CCOC(=O)CNC(=O)NCC(C(=O)O)C(C)C. The number of carbonyl (C=O) groups is 3. The molecule has 7 heteroatoms. The van der Waals surface area contributed by atoms with Crippen LogP contribution in [-0.2, 0) is 14.3 Å². The van der Waals surface area contributed by atoms with Crippen molar-refractivity contribution in [2.24, 2.45) is 11.8 Å². The molecule has 0 spiro atoms. The Morgan fingerprint density at radius 2 is 1.83 bits per heavy atom. The van der Waals surface area contributed by atoms with Gasteiger partial charge in [-0.15, -0.1) is 0 Å². The lowest BCUT2D eigenvalue weighted by Crippen LogP contribution is -2.43. The number of nitrogens with one attached hydrogen (secondary N) is 2. The molecule has 0 radical (unpaired) electrons. The first kappa shape index (κ1) is 16.2. The van der Waals surface area contributed by atoms with Gasteiger partial charge in [0.15, 0.2) is 0 Å². The highest BCUT2D eigenvalue weighted by Gasteiger charge is 2.21. The molecule has 0 saturated heterocycles. The molecular formula is C11H20N2O5. The van der Waals surface area contributed by atoms with Crippen molar-refractivity contribution >= 4 is 18.0 Å². The molecule has 0 aliphatic rings. The molecule has 0 bridgehead atoms. The highest BCUT2D eigenvalue weighted by atomic mass is 16.5. The highest BCUT2D eigenvalue weighted by molar-refractivity contribution is 5.81. The average Bonchev–Trinajstić information content (AvgIpc) is 2.26. The zero-order valence-electron chi connectivity index (χ0n) is 10.9. The molecule has 2 amide bonds. The van der Waals surface area contributed by atoms with Crippen LogP contribution in [0.15, 0.2) is 0 Å². The predicted octanol–water partition coefficient (Wildman–Crippen LogP) is 0.206. The predicted molar refractivity (Wildman–Crippen MR) is 64.0 cm³/mol. The molecule has 0 aromatic rings. The summed E-state index contributed by atoms with van der Waals surface area (Å²) in [5, 5.41) is 13.6. The smallest absolute Gasteiger partial charge is 0.325 e. The van der Waals surface area contributed by atoms with Crippen LogP contribution in [0, 0.1) is 11.8 Å². The van der Waals surface area contributed by atoms with Gasteiger partial charge >= 0.3 is 18.0 Å². The molecule has 3 N–H and O–H groups in total. The zero-order valence-corrected chi connectivity index (χ0v) is 10.9. The molecule has 1 atom stereocenters. The Labute approximate surface area is 106 Å². The molecule has 0 heterocycles. The van der Waals surface area contributed by atoms with E-state index >= 15 is 0 Å². The third kappa shape index (κ3) is 6.72. The van der Waals surface area contributed by atoms with Gasteiger partial charge in [0, 0.05) is 6.54 Å². The zero-order chi connectivity index (χ0) is 14.1. The number of hydrogen-bond acceptors (Lipinski definition) is 4. The molecule has 0 aromatic carbocycles. The second kappa shape index (κ2) is 8.32. The molecule has 0 fully saturated rings. The van der Waals surface area contributed by atoms with E-state index in [1.54, 1.807) is 20.8 Å². The summed E-state index contributed by atoms with van der Waals surface area (Å²) in [5.41, 5.74) is 0. The largest absolute Gasteiger partial charge is 0.481 e. The highest BCUT2D eigenvalue weighted by Crippen LogP contribution is 2.09. The van der Waals surface area contributed by atoms with Crippen LogP contribution in [0.5, 0.6) is 0 Å². The quantitative estimate of drug-likeness (QED) is 0.567. The number of carbonyl (C=O) groups excluding carboxylic acids is 2. The van der Waals surface area contributed by atoms with E-state index in [1.165, 1.54) is 0 Å². The van der Waals surface area contributed by atoms with Crippen LogP contribution in [-0.4, -0.2) is 42.8 Å². The van der Waals surface area contributed by atoms with Gasteiger partial charge < -0.3 is 20.5 Å². The van der Waals surface area contributed by atoms with Crippen molar-refractivity contribution in [2.75, 3.05) is 19.7 Å². The normalized spacial score (nSPS) is 11.8. The van der Waals surface area contributed by atoms with E-state index in [2.05, 4.69) is 15.4 Å². The maximum absolute atomic E-state index is 11.3. The van der Waals surface area contributed by atoms with Gasteiger partial charge in [0.1, 0.15) is 6.54 Å². The van der Waals surface area contributed by atoms with E-state index in [-0.39, 0.29) is 25.6 Å². The monoisotopic (exact) mass is 260 g/mol. The van der Waals surface area contributed by atoms with E-state index in [9.17, 15) is 14.4 Å². The molecule has 0 aliphatic heterocycles. The first-order valence-corrected chi connectivity index (χ1v) is 5.78. The lowest BCUT2D eigenvalue weighted by Gasteiger charge is -2.16. The fourth-order valence-corrected chi connectivity index (χ4v) is 1.24. The Kier molecular flexibility index (Phi) is 7.50. The standard InChI is InChI=1S/C11H20N2O5/c1-4-18-9(14)6-13-11(17)12-5-8(7(2)3)10(15)16/h7-8H,4-6H2,1-3H3,(H,15,16)(H2,12,13,17). The van der Waals surface area contributed by atoms with Crippen LogP contribution < -0.4 is 10.6 Å². The van der Waals surface area contributed by atoms with Crippen molar-refractivity contribution in [1.29, 1.82) is 0 Å². The van der Waals surface area contributed by atoms with Gasteiger partial charge in [-0.2, -0.15) is 0 Å². The molecule has 0 aliphatic carbocycles. The molecule has 0 aromatic heterocycles. The van der Waals surface area contributed by atoms with Crippen molar-refractivity contribution < 1.29 is 24.2 Å². The molecule has 104 valence electrons. The molecule has 0 saturated carbocycles. The van der Waals surface area contributed by atoms with Crippen molar-refractivity contribution in [3.05, 3.63) is 0 Å². The van der Waals surface area contributed by atoms with E-state index < -0.39 is 23.9 Å². The van der Waals surface area contributed by atoms with Crippen LogP contribution >= 0.6 is 0 Å². The van der Waals surface area contributed by atoms with Crippen molar-refractivity contribution in [2.45, 2.75) is 20.8 Å². The molecule has 7 nitrogen and oxygen atoms in total. The number of carboxylic acids is 1. The summed E-state index contributed by atoms with van der Waals surface area (Å²) >= 11 is 0. The number of rotatable bonds is 7. The van der Waals surface area contributed by atoms with Gasteiger partial charge in [0.05, 0.1) is 12.5 Å². The maximum Gasteiger partial charge on any atom is 0.325 e. The lowest BCUT2D eigenvalue weighted by atomic mass is 9.96. The van der Waals surface area contributed by atoms with Gasteiger partial charge in [-0.3, -0.25) is 9.59 Å². The Hall–Kier alpha value is -1.79. The van der Waals surface area contributed by atoms with Crippen LogP contribution in [0.1, 0.15) is 20.8 Å². The lowest BCUT2D eigenvalue weighted by molar-refractivity contribution is -0.143. The molecule has 18 heavy (non-hydrogen) atoms. The summed E-state index contributed by atoms with van der Waals surface area (Å²) in [5.74, 6) is -2.24. The topological polar surface area (TPSA) is 105 Å². The third-order valence-corrected chi connectivity index (χ3v) is 2.30. The summed E-state index contributed by atoms with van der Waals surface area (Å²) in [6.07, 6.45) is 0. The minimum Gasteiger partial charge on any atom is -0.481 e. The second-order valence-corrected chi connectivity index (χ2v) is 4.06.